The van der Waals surface area contributed by atoms with E-state index in [9.17, 15) is 28.7 Å². The summed E-state index contributed by atoms with van der Waals surface area (Å²) in [6.07, 6.45) is 0. The predicted molar refractivity (Wildman–Crippen MR) is 26.1 cm³/mol. The zero-order valence-electron chi connectivity index (χ0n) is 5.78. The van der Waals surface area contributed by atoms with Crippen molar-refractivity contribution in [1.29, 1.82) is 0 Å². The van der Waals surface area contributed by atoms with Crippen LogP contribution >= 0.6 is 15.2 Å². The van der Waals surface area contributed by atoms with Crippen LogP contribution in [0.3, 0.4) is 0 Å². The molecular formula is C2H4Fe2O7P2. The van der Waals surface area contributed by atoms with Gasteiger partial charge in [0.15, 0.2) is 0 Å². The van der Waals surface area contributed by atoms with Gasteiger partial charge < -0.3 is 33.8 Å². The van der Waals surface area contributed by atoms with E-state index in [1.807, 2.05) is 0 Å². The summed E-state index contributed by atoms with van der Waals surface area (Å²) >= 11 is 0. The van der Waals surface area contributed by atoms with Crippen molar-refractivity contribution in [3.8, 4) is 0 Å². The molecule has 0 saturated heterocycles. The Morgan fingerprint density at radius 1 is 1.00 bits per heavy atom. The normalized spacial score (nSPS) is 11.8. The van der Waals surface area contributed by atoms with Crippen LogP contribution < -0.4 is 19.6 Å². The zero-order valence-corrected chi connectivity index (χ0v) is 9.78. The van der Waals surface area contributed by atoms with Crippen LogP contribution in [-0.4, -0.2) is 17.1 Å². The van der Waals surface area contributed by atoms with E-state index in [2.05, 4.69) is 0 Å². The van der Waals surface area contributed by atoms with E-state index in [-0.39, 0.29) is 34.1 Å². The molecule has 0 aliphatic heterocycles. The summed E-state index contributed by atoms with van der Waals surface area (Å²) in [5.74, 6) is 0. The maximum atomic E-state index is 9.95. The van der Waals surface area contributed by atoms with Crippen molar-refractivity contribution in [2.45, 2.75) is 5.40 Å². The van der Waals surface area contributed by atoms with Gasteiger partial charge in [-0.05, 0) is 0 Å². The summed E-state index contributed by atoms with van der Waals surface area (Å²) in [5, 5.41) is 5.31. The first kappa shape index (κ1) is 19.8. The minimum Gasteiger partial charge on any atom is -0.810 e. The third-order valence-corrected chi connectivity index (χ3v) is 4.38. The van der Waals surface area contributed by atoms with Gasteiger partial charge in [0.1, 0.15) is 0 Å². The molecule has 0 aromatic heterocycles. The third-order valence-electron chi connectivity index (χ3n) is 0.893. The van der Waals surface area contributed by atoms with Crippen molar-refractivity contribution in [3.05, 3.63) is 0 Å². The molecule has 0 aliphatic carbocycles. The Balaban J connectivity index is -0.000000500. The molecule has 0 bridgehead atoms. The van der Waals surface area contributed by atoms with Crippen LogP contribution in [0, 0.1) is 0 Å². The molecule has 0 amide bonds. The van der Waals surface area contributed by atoms with Crippen molar-refractivity contribution < 1.29 is 67.9 Å². The van der Waals surface area contributed by atoms with Crippen molar-refractivity contribution in [3.63, 3.8) is 0 Å². The first-order valence-electron chi connectivity index (χ1n) is 2.34. The van der Waals surface area contributed by atoms with Gasteiger partial charge in [0.2, 0.25) is 0 Å². The van der Waals surface area contributed by atoms with Crippen LogP contribution in [-0.2, 0) is 43.3 Å². The minimum absolute atomic E-state index is 0. The van der Waals surface area contributed by atoms with E-state index in [0.717, 1.165) is 0 Å². The maximum Gasteiger partial charge on any atom is 2.00 e. The smallest absolute Gasteiger partial charge is 0.810 e. The number of rotatable bonds is 3. The fourth-order valence-electron chi connectivity index (χ4n) is 0.373. The molecule has 0 radical (unpaired) electrons. The molecule has 0 heterocycles. The van der Waals surface area contributed by atoms with Gasteiger partial charge in [-0.1, -0.05) is 15.2 Å². The first-order valence-corrected chi connectivity index (χ1v) is 5.56. The van der Waals surface area contributed by atoms with Gasteiger partial charge in [0, 0.05) is 5.40 Å². The Hall–Kier alpha value is 1.30. The van der Waals surface area contributed by atoms with Crippen LogP contribution in [0.2, 0.25) is 0 Å². The first-order chi connectivity index (χ1) is 4.69. The van der Waals surface area contributed by atoms with Crippen molar-refractivity contribution in [2.75, 3.05) is 6.61 Å². The molecule has 13 heavy (non-hydrogen) atoms. The summed E-state index contributed by atoms with van der Waals surface area (Å²) in [4.78, 5) is 39.8. The van der Waals surface area contributed by atoms with Crippen molar-refractivity contribution in [1.82, 2.24) is 0 Å². The summed E-state index contributed by atoms with van der Waals surface area (Å²) in [6, 6.07) is 0. The number of aliphatic hydroxyl groups excluding tert-OH is 1. The predicted octanol–water partition coefficient (Wildman–Crippen LogP) is -3.87. The van der Waals surface area contributed by atoms with Crippen LogP contribution in [0.5, 0.6) is 0 Å². The third kappa shape index (κ3) is 7.25. The second kappa shape index (κ2) is 6.72. The van der Waals surface area contributed by atoms with E-state index in [1.165, 1.54) is 0 Å². The average Bonchev–Trinajstić information content (AvgIpc) is 1.56. The number of hydrogen-bond acceptors (Lipinski definition) is 7. The van der Waals surface area contributed by atoms with Gasteiger partial charge in [-0.2, -0.15) is 0 Å². The van der Waals surface area contributed by atoms with Crippen molar-refractivity contribution >= 4 is 15.2 Å². The average molecular weight is 314 g/mol. The number of hydrogen-bond donors (Lipinski definition) is 1. The molecule has 0 rings (SSSR count). The van der Waals surface area contributed by atoms with Gasteiger partial charge in [-0.3, -0.25) is 0 Å². The van der Waals surface area contributed by atoms with Crippen LogP contribution in [0.4, 0.5) is 0 Å². The second-order valence-corrected chi connectivity index (χ2v) is 5.56. The largest absolute Gasteiger partial charge is 2.00 e. The van der Waals surface area contributed by atoms with E-state index in [1.54, 1.807) is 0 Å². The molecule has 0 spiro atoms. The molecule has 0 fully saturated rings. The van der Waals surface area contributed by atoms with E-state index >= 15 is 0 Å². The minimum atomic E-state index is -5.54. The topological polar surface area (TPSA) is 147 Å². The molecule has 80 valence electrons. The van der Waals surface area contributed by atoms with E-state index in [0.29, 0.717) is 0 Å². The molecule has 0 aromatic rings. The van der Waals surface area contributed by atoms with Crippen LogP contribution in [0.1, 0.15) is 0 Å². The van der Waals surface area contributed by atoms with Gasteiger partial charge in [-0.25, -0.2) is 0 Å². The van der Waals surface area contributed by atoms with Crippen LogP contribution in [0.15, 0.2) is 0 Å². The SMILES string of the molecule is O=P([O-])([O-])C(CO)P(=O)([O-])[O-].[Fe+2].[Fe+2]. The molecule has 0 atom stereocenters. The summed E-state index contributed by atoms with van der Waals surface area (Å²) < 4.78 is 19.9. The van der Waals surface area contributed by atoms with E-state index < -0.39 is 27.2 Å². The van der Waals surface area contributed by atoms with Crippen LogP contribution in [0.25, 0.3) is 0 Å². The summed E-state index contributed by atoms with van der Waals surface area (Å²) in [5.41, 5.74) is 0. The second-order valence-electron chi connectivity index (χ2n) is 1.74. The Kier molecular flexibility index (Phi) is 10.2. The monoisotopic (exact) mass is 314 g/mol. The van der Waals surface area contributed by atoms with Gasteiger partial charge >= 0.3 is 34.1 Å². The van der Waals surface area contributed by atoms with Crippen molar-refractivity contribution in [2.24, 2.45) is 0 Å². The Morgan fingerprint density at radius 2 is 1.23 bits per heavy atom. The zero-order chi connectivity index (χ0) is 9.28. The molecular weight excluding hydrogens is 310 g/mol. The molecule has 11 heteroatoms. The molecule has 7 nitrogen and oxygen atoms in total. The fraction of sp³-hybridized carbons (Fsp3) is 1.00. The Bertz CT molecular complexity index is 197. The standard InChI is InChI=1S/C2H8O7P2.2Fe/c3-1-2(10(4,5)6)11(7,8)9;;/h2-3H,1H2,(H2,4,5,6)(H2,7,8,9);;/q;2*+2/p-4. The molecule has 0 unspecified atom stereocenters. The summed E-state index contributed by atoms with van der Waals surface area (Å²) in [6.45, 7) is -1.49. The molecule has 0 saturated carbocycles. The molecule has 0 aliphatic rings. The van der Waals surface area contributed by atoms with Gasteiger partial charge in [-0.15, -0.1) is 0 Å². The Morgan fingerprint density at radius 3 is 1.23 bits per heavy atom. The molecule has 1 N–H and O–H groups in total. The summed E-state index contributed by atoms with van der Waals surface area (Å²) in [7, 11) is -11.1. The Labute approximate surface area is 95.2 Å². The van der Waals surface area contributed by atoms with E-state index in [4.69, 9.17) is 5.11 Å². The number of aliphatic hydroxyl groups is 1. The van der Waals surface area contributed by atoms with Gasteiger partial charge in [0.25, 0.3) is 0 Å². The van der Waals surface area contributed by atoms with Gasteiger partial charge in [0.05, 0.1) is 6.61 Å². The fourth-order valence-corrected chi connectivity index (χ4v) is 2.16. The quantitative estimate of drug-likeness (QED) is 0.414. The maximum absolute atomic E-state index is 9.95. The molecule has 0 aromatic carbocycles.